The van der Waals surface area contributed by atoms with E-state index in [2.05, 4.69) is 5.32 Å². The van der Waals surface area contributed by atoms with Crippen LogP contribution < -0.4 is 10.1 Å². The van der Waals surface area contributed by atoms with E-state index in [9.17, 15) is 9.90 Å². The van der Waals surface area contributed by atoms with Crippen molar-refractivity contribution in [2.45, 2.75) is 6.42 Å². The number of carbonyl (C=O) groups is 1. The number of nitrogens with zero attached hydrogens (tertiary/aromatic N) is 1. The van der Waals surface area contributed by atoms with E-state index in [4.69, 9.17) is 9.72 Å². The molecular formula is C26H20N2O3. The van der Waals surface area contributed by atoms with Crippen LogP contribution in [0.3, 0.4) is 0 Å². The van der Waals surface area contributed by atoms with Crippen molar-refractivity contribution >= 4 is 11.6 Å². The molecule has 0 unspecified atom stereocenters. The van der Waals surface area contributed by atoms with E-state index < -0.39 is 0 Å². The lowest BCUT2D eigenvalue weighted by Crippen LogP contribution is -2.13. The molecule has 2 N–H and O–H groups in total. The highest BCUT2D eigenvalue weighted by Gasteiger charge is 2.24. The molecule has 5 heteroatoms. The van der Waals surface area contributed by atoms with Crippen molar-refractivity contribution in [2.75, 3.05) is 12.4 Å². The summed E-state index contributed by atoms with van der Waals surface area (Å²) in [5, 5.41) is 13.1. The number of amides is 1. The van der Waals surface area contributed by atoms with Gasteiger partial charge in [0, 0.05) is 11.1 Å². The van der Waals surface area contributed by atoms with Gasteiger partial charge in [0.15, 0.2) is 11.5 Å². The fourth-order valence-corrected chi connectivity index (χ4v) is 3.99. The number of carbonyl (C=O) groups excluding carboxylic acids is 1. The number of para-hydroxylation sites is 1. The van der Waals surface area contributed by atoms with Gasteiger partial charge in [0.2, 0.25) is 5.91 Å². The first-order chi connectivity index (χ1) is 15.1. The van der Waals surface area contributed by atoms with E-state index in [0.717, 1.165) is 44.9 Å². The number of rotatable bonds is 3. The Morgan fingerprint density at radius 2 is 1.68 bits per heavy atom. The number of anilines is 1. The van der Waals surface area contributed by atoms with Crippen LogP contribution in [-0.2, 0) is 11.2 Å². The van der Waals surface area contributed by atoms with Crippen LogP contribution in [0.4, 0.5) is 5.69 Å². The summed E-state index contributed by atoms with van der Waals surface area (Å²) in [5.41, 5.74) is 6.77. The Hall–Kier alpha value is -4.12. The zero-order valence-corrected chi connectivity index (χ0v) is 16.9. The highest BCUT2D eigenvalue weighted by atomic mass is 16.5. The maximum Gasteiger partial charge on any atom is 0.228 e. The zero-order valence-electron chi connectivity index (χ0n) is 16.9. The summed E-state index contributed by atoms with van der Waals surface area (Å²) in [6.07, 6.45) is 0.199. The predicted molar refractivity (Wildman–Crippen MR) is 121 cm³/mol. The normalized spacial score (nSPS) is 12.4. The van der Waals surface area contributed by atoms with E-state index in [-0.39, 0.29) is 18.1 Å². The predicted octanol–water partition coefficient (Wildman–Crippen LogP) is 5.29. The molecule has 3 aromatic carbocycles. The highest BCUT2D eigenvalue weighted by Crippen LogP contribution is 2.41. The summed E-state index contributed by atoms with van der Waals surface area (Å²) in [6.45, 7) is 0. The molecule has 4 aromatic rings. The number of methoxy groups -OCH3 is 1. The maximum atomic E-state index is 12.7. The molecule has 0 spiro atoms. The van der Waals surface area contributed by atoms with Gasteiger partial charge in [0.25, 0.3) is 0 Å². The van der Waals surface area contributed by atoms with Crippen LogP contribution in [0.25, 0.3) is 33.6 Å². The minimum atomic E-state index is -0.0903. The standard InChI is InChI=1S/C26H20N2O3/c1-31-24-13-17(11-12-23(24)29)19-14-22(16-7-3-2-4-8-16)28-26-18-9-5-6-10-21(18)27-25(30)15-20(19)26/h2-14,29H,15H2,1H3,(H,27,30). The first-order valence-corrected chi connectivity index (χ1v) is 10.00. The third kappa shape index (κ3) is 3.40. The number of benzene rings is 3. The first-order valence-electron chi connectivity index (χ1n) is 10.00. The monoisotopic (exact) mass is 408 g/mol. The summed E-state index contributed by atoms with van der Waals surface area (Å²) in [5.74, 6) is 0.355. The summed E-state index contributed by atoms with van der Waals surface area (Å²) in [4.78, 5) is 17.7. The van der Waals surface area contributed by atoms with Crippen LogP contribution in [0.5, 0.6) is 11.5 Å². The van der Waals surface area contributed by atoms with Crippen molar-refractivity contribution in [3.63, 3.8) is 0 Å². The van der Waals surface area contributed by atoms with Gasteiger partial charge in [-0.1, -0.05) is 54.6 Å². The molecule has 152 valence electrons. The molecule has 0 aliphatic carbocycles. The molecule has 1 aliphatic rings. The SMILES string of the molecule is COc1cc(-c2cc(-c3ccccc3)nc3c2CC(=O)Nc2ccccc2-3)ccc1O. The topological polar surface area (TPSA) is 71.5 Å². The van der Waals surface area contributed by atoms with Gasteiger partial charge in [-0.3, -0.25) is 4.79 Å². The molecule has 1 aromatic heterocycles. The Kier molecular flexibility index (Phi) is 4.64. The van der Waals surface area contributed by atoms with Crippen LogP contribution in [0.15, 0.2) is 78.9 Å². The lowest BCUT2D eigenvalue weighted by Gasteiger charge is -2.16. The van der Waals surface area contributed by atoms with Crippen molar-refractivity contribution in [1.82, 2.24) is 4.98 Å². The first kappa shape index (κ1) is 18.9. The lowest BCUT2D eigenvalue weighted by molar-refractivity contribution is -0.115. The molecule has 0 radical (unpaired) electrons. The number of aromatic nitrogens is 1. The maximum absolute atomic E-state index is 12.7. The molecule has 1 aliphatic heterocycles. The average molecular weight is 408 g/mol. The van der Waals surface area contributed by atoms with Crippen molar-refractivity contribution in [1.29, 1.82) is 0 Å². The third-order valence-corrected chi connectivity index (χ3v) is 5.48. The fraction of sp³-hybridized carbons (Fsp3) is 0.0769. The zero-order chi connectivity index (χ0) is 21.4. The second-order valence-corrected chi connectivity index (χ2v) is 7.41. The van der Waals surface area contributed by atoms with Gasteiger partial charge in [-0.25, -0.2) is 4.98 Å². The summed E-state index contributed by atoms with van der Waals surface area (Å²) in [6, 6.07) is 24.9. The Morgan fingerprint density at radius 3 is 2.48 bits per heavy atom. The second kappa shape index (κ2) is 7.61. The highest BCUT2D eigenvalue weighted by molar-refractivity contribution is 6.02. The lowest BCUT2D eigenvalue weighted by atomic mass is 9.92. The number of fused-ring (bicyclic) bond motifs is 3. The van der Waals surface area contributed by atoms with Gasteiger partial charge < -0.3 is 15.2 Å². The van der Waals surface area contributed by atoms with Gasteiger partial charge in [0.1, 0.15) is 0 Å². The van der Waals surface area contributed by atoms with Gasteiger partial charge in [-0.15, -0.1) is 0 Å². The van der Waals surface area contributed by atoms with Gasteiger partial charge >= 0.3 is 0 Å². The van der Waals surface area contributed by atoms with Gasteiger partial charge in [0.05, 0.1) is 30.6 Å². The summed E-state index contributed by atoms with van der Waals surface area (Å²) < 4.78 is 5.32. The van der Waals surface area contributed by atoms with Crippen LogP contribution in [0, 0.1) is 0 Å². The van der Waals surface area contributed by atoms with E-state index in [1.54, 1.807) is 12.1 Å². The summed E-state index contributed by atoms with van der Waals surface area (Å²) >= 11 is 0. The summed E-state index contributed by atoms with van der Waals surface area (Å²) in [7, 11) is 1.52. The molecule has 0 bridgehead atoms. The molecule has 0 saturated heterocycles. The van der Waals surface area contributed by atoms with E-state index in [1.165, 1.54) is 7.11 Å². The van der Waals surface area contributed by atoms with Gasteiger partial charge in [-0.2, -0.15) is 0 Å². The molecule has 1 amide bonds. The van der Waals surface area contributed by atoms with Crippen molar-refractivity contribution < 1.29 is 14.6 Å². The average Bonchev–Trinajstić information content (AvgIpc) is 2.95. The largest absolute Gasteiger partial charge is 0.504 e. The van der Waals surface area contributed by atoms with Crippen LogP contribution in [-0.4, -0.2) is 23.1 Å². The smallest absolute Gasteiger partial charge is 0.228 e. The molecular weight excluding hydrogens is 388 g/mol. The van der Waals surface area contributed by atoms with Crippen molar-refractivity contribution in [3.8, 4) is 45.1 Å². The quantitative estimate of drug-likeness (QED) is 0.483. The van der Waals surface area contributed by atoms with Gasteiger partial charge in [-0.05, 0) is 41.0 Å². The molecule has 0 saturated carbocycles. The molecule has 31 heavy (non-hydrogen) atoms. The number of hydrogen-bond donors (Lipinski definition) is 2. The number of phenols is 1. The Morgan fingerprint density at radius 1 is 0.903 bits per heavy atom. The number of ether oxygens (including phenoxy) is 1. The second-order valence-electron chi connectivity index (χ2n) is 7.41. The molecule has 5 rings (SSSR count). The number of nitrogens with one attached hydrogen (secondary N) is 1. The minimum absolute atomic E-state index is 0.0674. The molecule has 0 atom stereocenters. The Bertz CT molecular complexity index is 1300. The Labute approximate surface area is 180 Å². The van der Waals surface area contributed by atoms with Crippen molar-refractivity contribution in [3.05, 3.63) is 84.4 Å². The number of phenolic OH excluding ortho intramolecular Hbond substituents is 1. The third-order valence-electron chi connectivity index (χ3n) is 5.48. The van der Waals surface area contributed by atoms with Crippen LogP contribution in [0.1, 0.15) is 5.56 Å². The van der Waals surface area contributed by atoms with E-state index in [1.807, 2.05) is 66.7 Å². The Balaban J connectivity index is 1.84. The molecule has 5 nitrogen and oxygen atoms in total. The van der Waals surface area contributed by atoms with Crippen LogP contribution in [0.2, 0.25) is 0 Å². The van der Waals surface area contributed by atoms with Crippen LogP contribution >= 0.6 is 0 Å². The molecule has 2 heterocycles. The van der Waals surface area contributed by atoms with Crippen molar-refractivity contribution in [2.24, 2.45) is 0 Å². The number of aromatic hydroxyl groups is 1. The number of pyridine rings is 1. The fourth-order valence-electron chi connectivity index (χ4n) is 3.99. The minimum Gasteiger partial charge on any atom is -0.504 e. The van der Waals surface area contributed by atoms with E-state index >= 15 is 0 Å². The molecule has 0 fully saturated rings. The number of hydrogen-bond acceptors (Lipinski definition) is 4. The van der Waals surface area contributed by atoms with E-state index in [0.29, 0.717) is 5.75 Å².